The largest absolute Gasteiger partial charge is 0.461 e. The van der Waals surface area contributed by atoms with E-state index in [1.807, 2.05) is 66.9 Å². The molecule has 3 rings (SSSR count). The quantitative estimate of drug-likeness (QED) is 0.655. The topological polar surface area (TPSA) is 73.2 Å². The van der Waals surface area contributed by atoms with Gasteiger partial charge in [-0.3, -0.25) is 9.59 Å². The van der Waals surface area contributed by atoms with E-state index in [9.17, 15) is 9.59 Å². The summed E-state index contributed by atoms with van der Waals surface area (Å²) in [5, 5.41) is 7.26. The number of para-hydroxylation sites is 1. The summed E-state index contributed by atoms with van der Waals surface area (Å²) in [6.07, 6.45) is 2.01. The molecule has 0 radical (unpaired) electrons. The number of rotatable bonds is 7. The highest BCUT2D eigenvalue weighted by Gasteiger charge is 2.14. The molecule has 0 saturated carbocycles. The molecule has 1 aromatic heterocycles. The van der Waals surface area contributed by atoms with E-state index >= 15 is 0 Å². The van der Waals surface area contributed by atoms with Crippen LogP contribution in [0.1, 0.15) is 18.9 Å². The van der Waals surface area contributed by atoms with E-state index in [1.54, 1.807) is 4.68 Å². The SMILES string of the molecule is CC(=O)NCCC(=O)OCc1cn(-c2ccccc2)nc1-c1ccccc1. The fraction of sp³-hybridized carbons (Fsp3) is 0.190. The lowest BCUT2D eigenvalue weighted by molar-refractivity contribution is -0.144. The molecular weight excluding hydrogens is 342 g/mol. The second kappa shape index (κ2) is 8.80. The molecule has 1 heterocycles. The molecule has 138 valence electrons. The second-order valence-corrected chi connectivity index (χ2v) is 6.04. The Hall–Kier alpha value is -3.41. The van der Waals surface area contributed by atoms with E-state index in [1.165, 1.54) is 6.92 Å². The molecule has 0 aliphatic carbocycles. The first-order valence-electron chi connectivity index (χ1n) is 8.73. The predicted molar refractivity (Wildman–Crippen MR) is 102 cm³/mol. The first kappa shape index (κ1) is 18.4. The normalized spacial score (nSPS) is 10.4. The maximum Gasteiger partial charge on any atom is 0.307 e. The van der Waals surface area contributed by atoms with Gasteiger partial charge in [0.25, 0.3) is 0 Å². The molecule has 0 spiro atoms. The molecule has 0 saturated heterocycles. The lowest BCUT2D eigenvalue weighted by Gasteiger charge is -2.05. The van der Waals surface area contributed by atoms with Gasteiger partial charge >= 0.3 is 5.97 Å². The number of nitrogens with zero attached hydrogens (tertiary/aromatic N) is 2. The Morgan fingerprint density at radius 2 is 1.70 bits per heavy atom. The van der Waals surface area contributed by atoms with Crippen molar-refractivity contribution in [2.24, 2.45) is 0 Å². The van der Waals surface area contributed by atoms with Crippen molar-refractivity contribution in [1.29, 1.82) is 0 Å². The van der Waals surface area contributed by atoms with Crippen LogP contribution in [0.3, 0.4) is 0 Å². The first-order valence-corrected chi connectivity index (χ1v) is 8.73. The van der Waals surface area contributed by atoms with Crippen molar-refractivity contribution in [3.05, 3.63) is 72.4 Å². The van der Waals surface area contributed by atoms with Gasteiger partial charge in [-0.25, -0.2) is 4.68 Å². The molecule has 1 N–H and O–H groups in total. The lowest BCUT2D eigenvalue weighted by atomic mass is 10.1. The van der Waals surface area contributed by atoms with Gasteiger partial charge in [-0.2, -0.15) is 5.10 Å². The summed E-state index contributed by atoms with van der Waals surface area (Å²) in [6, 6.07) is 19.5. The average Bonchev–Trinajstić information content (AvgIpc) is 3.12. The van der Waals surface area contributed by atoms with Crippen molar-refractivity contribution < 1.29 is 14.3 Å². The zero-order valence-electron chi connectivity index (χ0n) is 15.1. The van der Waals surface area contributed by atoms with Crippen molar-refractivity contribution in [3.63, 3.8) is 0 Å². The van der Waals surface area contributed by atoms with Gasteiger partial charge in [0.05, 0.1) is 17.8 Å². The zero-order chi connectivity index (χ0) is 19.1. The number of amides is 1. The van der Waals surface area contributed by atoms with E-state index in [-0.39, 0.29) is 31.4 Å². The van der Waals surface area contributed by atoms with Crippen molar-refractivity contribution in [1.82, 2.24) is 15.1 Å². The summed E-state index contributed by atoms with van der Waals surface area (Å²) in [5.74, 6) is -0.534. The molecule has 0 aliphatic heterocycles. The second-order valence-electron chi connectivity index (χ2n) is 6.04. The van der Waals surface area contributed by atoms with Crippen LogP contribution in [0, 0.1) is 0 Å². The van der Waals surface area contributed by atoms with E-state index in [0.29, 0.717) is 0 Å². The molecule has 6 nitrogen and oxygen atoms in total. The maximum atomic E-state index is 11.9. The first-order chi connectivity index (χ1) is 13.1. The molecule has 3 aromatic rings. The van der Waals surface area contributed by atoms with E-state index < -0.39 is 0 Å². The van der Waals surface area contributed by atoms with Crippen LogP contribution in [0.4, 0.5) is 0 Å². The van der Waals surface area contributed by atoms with Gasteiger partial charge in [0.15, 0.2) is 0 Å². The molecule has 27 heavy (non-hydrogen) atoms. The van der Waals surface area contributed by atoms with Gasteiger partial charge in [-0.05, 0) is 12.1 Å². The van der Waals surface area contributed by atoms with Gasteiger partial charge in [0, 0.05) is 30.8 Å². The fourth-order valence-corrected chi connectivity index (χ4v) is 2.64. The standard InChI is InChI=1S/C21H21N3O3/c1-16(25)22-13-12-20(26)27-15-18-14-24(19-10-6-3-7-11-19)23-21(18)17-8-4-2-5-9-17/h2-11,14H,12-13,15H2,1H3,(H,22,25). The third-order valence-electron chi connectivity index (χ3n) is 3.95. The summed E-state index contributed by atoms with van der Waals surface area (Å²) >= 11 is 0. The van der Waals surface area contributed by atoms with Crippen LogP contribution >= 0.6 is 0 Å². The Morgan fingerprint density at radius 3 is 2.37 bits per heavy atom. The number of hydrogen-bond acceptors (Lipinski definition) is 4. The van der Waals surface area contributed by atoms with E-state index in [2.05, 4.69) is 10.4 Å². The number of hydrogen-bond donors (Lipinski definition) is 1. The molecule has 0 fully saturated rings. The third kappa shape index (κ3) is 5.04. The Bertz CT molecular complexity index is 905. The van der Waals surface area contributed by atoms with Crippen LogP contribution in [0.2, 0.25) is 0 Å². The highest BCUT2D eigenvalue weighted by atomic mass is 16.5. The average molecular weight is 363 g/mol. The van der Waals surface area contributed by atoms with E-state index in [4.69, 9.17) is 4.74 Å². The number of carbonyl (C=O) groups is 2. The number of nitrogens with one attached hydrogen (secondary N) is 1. The number of esters is 1. The van der Waals surface area contributed by atoms with Crippen LogP contribution in [0.25, 0.3) is 16.9 Å². The Labute approximate surface area is 157 Å². The molecule has 0 aliphatic rings. The minimum Gasteiger partial charge on any atom is -0.461 e. The number of carbonyl (C=O) groups excluding carboxylic acids is 2. The highest BCUT2D eigenvalue weighted by Crippen LogP contribution is 2.24. The fourth-order valence-electron chi connectivity index (χ4n) is 2.64. The molecule has 2 aromatic carbocycles. The highest BCUT2D eigenvalue weighted by molar-refractivity contribution is 5.74. The van der Waals surface area contributed by atoms with Crippen LogP contribution in [-0.2, 0) is 20.9 Å². The molecule has 0 atom stereocenters. The van der Waals surface area contributed by atoms with Crippen molar-refractivity contribution in [2.75, 3.05) is 6.54 Å². The van der Waals surface area contributed by atoms with Gasteiger partial charge < -0.3 is 10.1 Å². The van der Waals surface area contributed by atoms with Crippen molar-refractivity contribution >= 4 is 11.9 Å². The molecule has 1 amide bonds. The summed E-state index contributed by atoms with van der Waals surface area (Å²) in [6.45, 7) is 1.80. The minimum atomic E-state index is -0.366. The molecule has 6 heteroatoms. The molecule has 0 bridgehead atoms. The summed E-state index contributed by atoms with van der Waals surface area (Å²) < 4.78 is 7.16. The summed E-state index contributed by atoms with van der Waals surface area (Å²) in [4.78, 5) is 22.8. The smallest absolute Gasteiger partial charge is 0.307 e. The number of benzene rings is 2. The molecular formula is C21H21N3O3. The maximum absolute atomic E-state index is 11.9. The monoisotopic (exact) mass is 363 g/mol. The van der Waals surface area contributed by atoms with E-state index in [0.717, 1.165) is 22.5 Å². The van der Waals surface area contributed by atoms with Gasteiger partial charge in [0.2, 0.25) is 5.91 Å². The van der Waals surface area contributed by atoms with Gasteiger partial charge in [-0.15, -0.1) is 0 Å². The van der Waals surface area contributed by atoms with Crippen LogP contribution < -0.4 is 5.32 Å². The summed E-state index contributed by atoms with van der Waals surface area (Å²) in [7, 11) is 0. The van der Waals surface area contributed by atoms with Crippen molar-refractivity contribution in [3.8, 4) is 16.9 Å². The lowest BCUT2D eigenvalue weighted by Crippen LogP contribution is -2.23. The number of ether oxygens (including phenoxy) is 1. The van der Waals surface area contributed by atoms with Crippen LogP contribution in [0.15, 0.2) is 66.9 Å². The third-order valence-corrected chi connectivity index (χ3v) is 3.95. The number of aromatic nitrogens is 2. The van der Waals surface area contributed by atoms with Crippen molar-refractivity contribution in [2.45, 2.75) is 20.0 Å². The molecule has 0 unspecified atom stereocenters. The van der Waals surface area contributed by atoms with Crippen LogP contribution in [0.5, 0.6) is 0 Å². The Kier molecular flexibility index (Phi) is 5.99. The van der Waals surface area contributed by atoms with Gasteiger partial charge in [0.1, 0.15) is 6.61 Å². The zero-order valence-corrected chi connectivity index (χ0v) is 15.1. The Morgan fingerprint density at radius 1 is 1.04 bits per heavy atom. The van der Waals surface area contributed by atoms with Crippen LogP contribution in [-0.4, -0.2) is 28.2 Å². The Balaban J connectivity index is 1.77. The predicted octanol–water partition coefficient (Wildman–Crippen LogP) is 3.11. The summed E-state index contributed by atoms with van der Waals surface area (Å²) in [5.41, 5.74) is 3.47. The van der Waals surface area contributed by atoms with Gasteiger partial charge in [-0.1, -0.05) is 48.5 Å². The minimum absolute atomic E-state index is 0.121.